The van der Waals surface area contributed by atoms with E-state index in [0.29, 0.717) is 0 Å². The predicted molar refractivity (Wildman–Crippen MR) is 23.0 cm³/mol. The zero-order chi connectivity index (χ0) is 7.82. The molecule has 4 nitrogen and oxygen atoms in total. The summed E-state index contributed by atoms with van der Waals surface area (Å²) in [6, 6.07) is 5.86. The molecule has 0 fully saturated rings. The highest BCUT2D eigenvalue weighted by Crippen LogP contribution is 1.68. The van der Waals surface area contributed by atoms with Crippen LogP contribution in [0.5, 0.6) is 0 Å². The van der Waals surface area contributed by atoms with Gasteiger partial charge in [0.25, 0.3) is 21.1 Å². The Labute approximate surface area is 67.2 Å². The molecule has 0 amide bonds. The molecule has 0 spiro atoms. The van der Waals surface area contributed by atoms with Crippen molar-refractivity contribution in [1.82, 2.24) is 0 Å². The van der Waals surface area contributed by atoms with Crippen molar-refractivity contribution < 1.29 is 36.4 Å². The first kappa shape index (κ1) is 9.76. The molecule has 5 heteroatoms. The number of aromatic amines is 1. The fourth-order valence-electron chi connectivity index (χ4n) is 0.342. The van der Waals surface area contributed by atoms with Gasteiger partial charge in [0.1, 0.15) is 0 Å². The zero-order valence-corrected chi connectivity index (χ0v) is 7.15. The fourth-order valence-corrected chi connectivity index (χ4v) is 0.342. The molecule has 1 rings (SSSR count). The first-order valence-corrected chi connectivity index (χ1v) is 5.02. The van der Waals surface area contributed by atoms with Crippen LogP contribution < -0.4 is 36.4 Å². The fraction of sp³-hybridized carbons (Fsp3) is 0. The Morgan fingerprint density at radius 1 is 0.900 bits per heavy atom. The van der Waals surface area contributed by atoms with Gasteiger partial charge in [0.2, 0.25) is 0 Å². The molecular weight excluding hydrogens is 249 g/mol. The molecule has 0 unspecified atom stereocenters. The molecule has 1 N–H and O–H groups in total. The number of rotatable bonds is 0. The topological polar surface area (TPSA) is 83.3 Å². The van der Waals surface area contributed by atoms with E-state index in [1.54, 1.807) is 0 Å². The van der Waals surface area contributed by atoms with Gasteiger partial charge in [-0.1, -0.05) is 6.07 Å². The largest absolute Gasteiger partial charge is 0.427 e. The molecule has 0 aliphatic rings. The van der Waals surface area contributed by atoms with Gasteiger partial charge < -0.3 is 10.3 Å². The van der Waals surface area contributed by atoms with E-state index in [1.165, 1.54) is 0 Å². The normalized spacial score (nSPS) is 8.40. The van der Waals surface area contributed by atoms with Crippen molar-refractivity contribution in [2.24, 2.45) is 0 Å². The van der Waals surface area contributed by atoms with E-state index >= 15 is 0 Å². The van der Waals surface area contributed by atoms with E-state index in [9.17, 15) is 0 Å². The van der Waals surface area contributed by atoms with Crippen LogP contribution in [-0.2, 0) is 0 Å². The maximum absolute atomic E-state index is 8.57. The van der Waals surface area contributed by atoms with Crippen LogP contribution in [0, 0.1) is 0 Å². The van der Waals surface area contributed by atoms with Gasteiger partial charge in [-0.25, -0.2) is 4.98 Å². The number of pyridine rings is 1. The van der Waals surface area contributed by atoms with Gasteiger partial charge in [-0.2, -0.15) is 0 Å². The van der Waals surface area contributed by atoms with Crippen molar-refractivity contribution in [1.29, 1.82) is 0 Å². The number of nitrogens with one attached hydrogen (secondary N) is 1. The standard InChI is InChI=1S/C5H5N.IO3/c1-2-4-6-5-3-1;2-1(3)4/h1-5H;/q;-1/p+1. The van der Waals surface area contributed by atoms with E-state index in [1.807, 2.05) is 30.6 Å². The van der Waals surface area contributed by atoms with Crippen LogP contribution in [0.25, 0.3) is 0 Å². The van der Waals surface area contributed by atoms with Gasteiger partial charge in [0.15, 0.2) is 12.4 Å². The summed E-state index contributed by atoms with van der Waals surface area (Å²) in [6.45, 7) is 0. The molecule has 1 heterocycles. The third-order valence-electron chi connectivity index (χ3n) is 0.607. The highest BCUT2D eigenvalue weighted by atomic mass is 127. The van der Waals surface area contributed by atoms with Gasteiger partial charge in [-0.15, -0.1) is 0 Å². The predicted octanol–water partition coefficient (Wildman–Crippen LogP) is -6.06. The number of halogens is 1. The SMILES string of the molecule is [O-][I+2]([O-])[O-].c1cc[nH+]cc1. The lowest BCUT2D eigenvalue weighted by molar-refractivity contribution is -1.73. The third-order valence-corrected chi connectivity index (χ3v) is 0.607. The van der Waals surface area contributed by atoms with Crippen LogP contribution in [0.3, 0.4) is 0 Å². The molecule has 1 aromatic heterocycles. The molecule has 0 saturated heterocycles. The summed E-state index contributed by atoms with van der Waals surface area (Å²) in [5.41, 5.74) is 0. The van der Waals surface area contributed by atoms with Crippen LogP contribution in [0.4, 0.5) is 0 Å². The molecule has 0 bridgehead atoms. The molecule has 1 aromatic rings. The average Bonchev–Trinajstić information content (AvgIpc) is 1.90. The molecular formula is C5H6INO3. The quantitative estimate of drug-likeness (QED) is 0.432. The lowest BCUT2D eigenvalue weighted by Gasteiger charge is -1.84. The maximum atomic E-state index is 8.57. The molecule has 0 aromatic carbocycles. The summed E-state index contributed by atoms with van der Waals surface area (Å²) in [7, 11) is 0. The van der Waals surface area contributed by atoms with Gasteiger partial charge in [-0.05, 0) is 0 Å². The molecule has 0 aliphatic heterocycles. The van der Waals surface area contributed by atoms with Crippen LogP contribution >= 0.6 is 0 Å². The maximum Gasteiger partial charge on any atom is 0.282 e. The second-order valence-corrected chi connectivity index (χ2v) is 2.35. The number of hydrogen-bond donors (Lipinski definition) is 0. The molecule has 10 heavy (non-hydrogen) atoms. The van der Waals surface area contributed by atoms with Crippen LogP contribution in [0.15, 0.2) is 30.6 Å². The van der Waals surface area contributed by atoms with Gasteiger partial charge >= 0.3 is 0 Å². The van der Waals surface area contributed by atoms with Crippen molar-refractivity contribution >= 4 is 0 Å². The van der Waals surface area contributed by atoms with Crippen molar-refractivity contribution in [3.05, 3.63) is 30.6 Å². The van der Waals surface area contributed by atoms with Crippen molar-refractivity contribution in [2.75, 3.05) is 0 Å². The Bertz CT molecular complexity index is 117. The van der Waals surface area contributed by atoms with Gasteiger partial charge in [0.05, 0.1) is 0 Å². The van der Waals surface area contributed by atoms with Crippen molar-refractivity contribution in [3.8, 4) is 0 Å². The summed E-state index contributed by atoms with van der Waals surface area (Å²) in [6.07, 6.45) is 3.75. The number of H-pyrrole nitrogens is 1. The van der Waals surface area contributed by atoms with Crippen LogP contribution in [0.2, 0.25) is 0 Å². The monoisotopic (exact) mass is 255 g/mol. The van der Waals surface area contributed by atoms with E-state index in [2.05, 4.69) is 4.98 Å². The lowest BCUT2D eigenvalue weighted by atomic mass is 10.5. The minimum absolute atomic E-state index is 1.88. The van der Waals surface area contributed by atoms with Gasteiger partial charge in [0, 0.05) is 12.1 Å². The first-order valence-electron chi connectivity index (χ1n) is 2.37. The van der Waals surface area contributed by atoms with E-state index < -0.39 is 21.1 Å². The molecule has 0 saturated carbocycles. The van der Waals surface area contributed by atoms with E-state index in [-0.39, 0.29) is 0 Å². The molecule has 56 valence electrons. The van der Waals surface area contributed by atoms with E-state index in [0.717, 1.165) is 0 Å². The highest BCUT2D eigenvalue weighted by Gasteiger charge is 1.70. The Morgan fingerprint density at radius 2 is 1.30 bits per heavy atom. The Morgan fingerprint density at radius 3 is 1.40 bits per heavy atom. The third kappa shape index (κ3) is 10.7. The zero-order valence-electron chi connectivity index (χ0n) is 4.99. The summed E-state index contributed by atoms with van der Waals surface area (Å²) < 4.78 is 25.7. The Hall–Kier alpha value is -0.240. The average molecular weight is 255 g/mol. The highest BCUT2D eigenvalue weighted by molar-refractivity contribution is 4.82. The first-order chi connectivity index (χ1) is 4.73. The Balaban J connectivity index is 0.000000180. The summed E-state index contributed by atoms with van der Waals surface area (Å²) >= 11 is -4.01. The summed E-state index contributed by atoms with van der Waals surface area (Å²) in [5, 5.41) is 0. The number of aromatic nitrogens is 1. The van der Waals surface area contributed by atoms with Crippen LogP contribution in [0.1, 0.15) is 0 Å². The second kappa shape index (κ2) is 6.87. The van der Waals surface area contributed by atoms with Crippen molar-refractivity contribution in [3.63, 3.8) is 0 Å². The van der Waals surface area contributed by atoms with Gasteiger partial charge in [-0.3, -0.25) is 0 Å². The Kier molecular flexibility index (Phi) is 6.71. The lowest BCUT2D eigenvalue weighted by Crippen LogP contribution is -4.05. The van der Waals surface area contributed by atoms with Crippen molar-refractivity contribution in [2.45, 2.75) is 0 Å². The summed E-state index contributed by atoms with van der Waals surface area (Å²) in [4.78, 5) is 2.89. The molecule has 0 atom stereocenters. The number of hydrogen-bond acceptors (Lipinski definition) is 3. The van der Waals surface area contributed by atoms with Crippen LogP contribution in [-0.4, -0.2) is 0 Å². The smallest absolute Gasteiger partial charge is 0.282 e. The molecule has 0 radical (unpaired) electrons. The minimum Gasteiger partial charge on any atom is -0.427 e. The van der Waals surface area contributed by atoms with E-state index in [4.69, 9.17) is 10.3 Å². The molecule has 0 aliphatic carbocycles. The summed E-state index contributed by atoms with van der Waals surface area (Å²) in [5.74, 6) is 0. The second-order valence-electron chi connectivity index (χ2n) is 1.27. The minimum atomic E-state index is -4.01.